The first-order chi connectivity index (χ1) is 13.1. The minimum Gasteiger partial charge on any atom is -0.504 e. The molecule has 3 N–H and O–H groups in total. The predicted molar refractivity (Wildman–Crippen MR) is 109 cm³/mol. The summed E-state index contributed by atoms with van der Waals surface area (Å²) in [5.41, 5.74) is 2.10. The third kappa shape index (κ3) is 3.60. The van der Waals surface area contributed by atoms with Crippen molar-refractivity contribution in [3.05, 3.63) is 71.1 Å². The van der Waals surface area contributed by atoms with Crippen molar-refractivity contribution in [1.29, 1.82) is 0 Å². The number of halogens is 1. The van der Waals surface area contributed by atoms with Crippen molar-refractivity contribution in [2.24, 2.45) is 4.99 Å². The maximum atomic E-state index is 11.6. The lowest BCUT2D eigenvalue weighted by Crippen LogP contribution is -2.04. The standard InChI is InChI=1S/C20H15N3O4.ClH/c24-17-15(9-13-11-22-18-14(13)7-4-8-21-18)27-19(16(17)20(25)26)23-10-12-5-2-1-3-6-12;/h1-9,11,23-24H,10H2,(H,25,26);1H/b13-9+;. The highest BCUT2D eigenvalue weighted by molar-refractivity contribution is 6.21. The largest absolute Gasteiger partial charge is 0.504 e. The number of aliphatic imine (C=N–C) groups is 1. The number of hydrogen-bond donors (Lipinski definition) is 3. The van der Waals surface area contributed by atoms with Crippen LogP contribution in [0.25, 0.3) is 11.6 Å². The molecule has 2 aromatic heterocycles. The lowest BCUT2D eigenvalue weighted by atomic mass is 10.1. The SMILES string of the molecule is Cl.O=C(O)c1c(NCc2ccccc2)oc(/C=C2\C=Nc3ncccc32)c1O. The van der Waals surface area contributed by atoms with Crippen LogP contribution in [-0.4, -0.2) is 27.4 Å². The number of furan rings is 1. The number of nitrogens with zero attached hydrogens (tertiary/aromatic N) is 2. The van der Waals surface area contributed by atoms with Gasteiger partial charge in [-0.3, -0.25) is 0 Å². The summed E-state index contributed by atoms with van der Waals surface area (Å²) in [5.74, 6) is -1.11. The Bertz CT molecular complexity index is 1070. The highest BCUT2D eigenvalue weighted by atomic mass is 35.5. The maximum Gasteiger partial charge on any atom is 0.345 e. The fourth-order valence-corrected chi connectivity index (χ4v) is 2.82. The first-order valence-corrected chi connectivity index (χ1v) is 8.21. The molecule has 0 aliphatic carbocycles. The van der Waals surface area contributed by atoms with Gasteiger partial charge in [0.15, 0.2) is 22.9 Å². The number of nitrogens with one attached hydrogen (secondary N) is 1. The molecule has 142 valence electrons. The Kier molecular flexibility index (Phi) is 5.47. The molecule has 1 aromatic carbocycles. The molecule has 1 aliphatic rings. The third-order valence-electron chi connectivity index (χ3n) is 4.13. The summed E-state index contributed by atoms with van der Waals surface area (Å²) in [6.07, 6.45) is 4.78. The van der Waals surface area contributed by atoms with Gasteiger partial charge in [0, 0.05) is 30.1 Å². The van der Waals surface area contributed by atoms with Gasteiger partial charge in [0.25, 0.3) is 0 Å². The van der Waals surface area contributed by atoms with E-state index >= 15 is 0 Å². The molecule has 3 aromatic rings. The van der Waals surface area contributed by atoms with Crippen LogP contribution in [0, 0.1) is 0 Å². The van der Waals surface area contributed by atoms with Crippen molar-refractivity contribution in [3.63, 3.8) is 0 Å². The van der Waals surface area contributed by atoms with Gasteiger partial charge in [0.1, 0.15) is 0 Å². The molecule has 0 saturated carbocycles. The molecule has 0 saturated heterocycles. The fraction of sp³-hybridized carbons (Fsp3) is 0.0500. The second-order valence-corrected chi connectivity index (χ2v) is 5.90. The van der Waals surface area contributed by atoms with Crippen molar-refractivity contribution in [1.82, 2.24) is 4.98 Å². The molecule has 8 heteroatoms. The summed E-state index contributed by atoms with van der Waals surface area (Å²) >= 11 is 0. The Morgan fingerprint density at radius 3 is 2.71 bits per heavy atom. The van der Waals surface area contributed by atoms with Crippen LogP contribution < -0.4 is 5.32 Å². The van der Waals surface area contributed by atoms with Crippen LogP contribution in [0.3, 0.4) is 0 Å². The van der Waals surface area contributed by atoms with Crippen LogP contribution >= 0.6 is 12.4 Å². The lowest BCUT2D eigenvalue weighted by Gasteiger charge is -2.04. The van der Waals surface area contributed by atoms with Crippen LogP contribution in [0.1, 0.15) is 27.2 Å². The first-order valence-electron chi connectivity index (χ1n) is 8.21. The quantitative estimate of drug-likeness (QED) is 0.590. The van der Waals surface area contributed by atoms with Gasteiger partial charge in [-0.1, -0.05) is 30.3 Å². The van der Waals surface area contributed by atoms with Crippen LogP contribution in [0.5, 0.6) is 5.75 Å². The minimum atomic E-state index is -1.28. The number of anilines is 1. The number of rotatable bonds is 5. The minimum absolute atomic E-state index is 0. The van der Waals surface area contributed by atoms with E-state index in [1.807, 2.05) is 36.4 Å². The zero-order chi connectivity index (χ0) is 18.8. The van der Waals surface area contributed by atoms with E-state index < -0.39 is 11.7 Å². The van der Waals surface area contributed by atoms with Crippen molar-refractivity contribution >= 4 is 47.9 Å². The fourth-order valence-electron chi connectivity index (χ4n) is 2.82. The summed E-state index contributed by atoms with van der Waals surface area (Å²) in [6.45, 7) is 0.359. The van der Waals surface area contributed by atoms with Gasteiger partial charge in [-0.15, -0.1) is 12.4 Å². The first kappa shape index (κ1) is 19.2. The van der Waals surface area contributed by atoms with E-state index in [1.54, 1.807) is 24.6 Å². The second-order valence-electron chi connectivity index (χ2n) is 5.90. The van der Waals surface area contributed by atoms with Crippen molar-refractivity contribution in [2.45, 2.75) is 6.54 Å². The van der Waals surface area contributed by atoms with Crippen LogP contribution in [0.2, 0.25) is 0 Å². The number of aromatic carboxylic acids is 1. The van der Waals surface area contributed by atoms with Crippen LogP contribution in [0.4, 0.5) is 11.7 Å². The van der Waals surface area contributed by atoms with E-state index in [9.17, 15) is 15.0 Å². The molecule has 0 unspecified atom stereocenters. The Labute approximate surface area is 166 Å². The number of carboxylic acids is 1. The average Bonchev–Trinajstić information content (AvgIpc) is 3.22. The molecule has 0 spiro atoms. The molecule has 0 fully saturated rings. The van der Waals surface area contributed by atoms with E-state index in [0.717, 1.165) is 11.1 Å². The Hall–Kier alpha value is -3.58. The summed E-state index contributed by atoms with van der Waals surface area (Å²) in [4.78, 5) is 19.9. The molecule has 1 aliphatic heterocycles. The van der Waals surface area contributed by atoms with Crippen LogP contribution in [0.15, 0.2) is 58.1 Å². The van der Waals surface area contributed by atoms with Gasteiger partial charge < -0.3 is 19.9 Å². The molecule has 4 rings (SSSR count). The van der Waals surface area contributed by atoms with Gasteiger partial charge >= 0.3 is 5.97 Å². The van der Waals surface area contributed by atoms with E-state index in [4.69, 9.17) is 4.42 Å². The maximum absolute atomic E-state index is 11.6. The highest BCUT2D eigenvalue weighted by Crippen LogP contribution is 2.38. The predicted octanol–water partition coefficient (Wildman–Crippen LogP) is 4.37. The Morgan fingerprint density at radius 1 is 1.18 bits per heavy atom. The molecule has 0 atom stereocenters. The number of benzene rings is 1. The smallest absolute Gasteiger partial charge is 0.345 e. The number of allylic oxidation sites excluding steroid dienone is 1. The van der Waals surface area contributed by atoms with Gasteiger partial charge in [-0.05, 0) is 23.8 Å². The van der Waals surface area contributed by atoms with Crippen molar-refractivity contribution in [2.75, 3.05) is 5.32 Å². The Morgan fingerprint density at radius 2 is 1.96 bits per heavy atom. The molecule has 3 heterocycles. The topological polar surface area (TPSA) is 108 Å². The molecule has 0 radical (unpaired) electrons. The van der Waals surface area contributed by atoms with Gasteiger partial charge in [0.05, 0.1) is 0 Å². The number of hydrogen-bond acceptors (Lipinski definition) is 6. The van der Waals surface area contributed by atoms with Gasteiger partial charge in [-0.2, -0.15) is 0 Å². The zero-order valence-electron chi connectivity index (χ0n) is 14.5. The Balaban J connectivity index is 0.00000225. The highest BCUT2D eigenvalue weighted by Gasteiger charge is 2.25. The van der Waals surface area contributed by atoms with Crippen molar-refractivity contribution in [3.8, 4) is 5.75 Å². The number of carboxylic acid groups (broad SMARTS) is 1. The summed E-state index contributed by atoms with van der Waals surface area (Å²) in [5, 5.41) is 22.8. The number of aromatic hydroxyl groups is 1. The third-order valence-corrected chi connectivity index (χ3v) is 4.13. The summed E-state index contributed by atoms with van der Waals surface area (Å²) in [7, 11) is 0. The molecule has 7 nitrogen and oxygen atoms in total. The number of fused-ring (bicyclic) bond motifs is 1. The second kappa shape index (κ2) is 7.98. The number of pyridine rings is 1. The number of carbonyl (C=O) groups is 1. The zero-order valence-corrected chi connectivity index (χ0v) is 15.3. The monoisotopic (exact) mass is 397 g/mol. The van der Waals surface area contributed by atoms with E-state index in [0.29, 0.717) is 17.9 Å². The summed E-state index contributed by atoms with van der Waals surface area (Å²) < 4.78 is 5.61. The molecule has 28 heavy (non-hydrogen) atoms. The van der Waals surface area contributed by atoms with Crippen LogP contribution in [-0.2, 0) is 6.54 Å². The molecular weight excluding hydrogens is 382 g/mol. The average molecular weight is 398 g/mol. The normalized spacial score (nSPS) is 13.2. The van der Waals surface area contributed by atoms with Gasteiger partial charge in [-0.25, -0.2) is 14.8 Å². The molecule has 0 amide bonds. The summed E-state index contributed by atoms with van der Waals surface area (Å²) in [6, 6.07) is 13.1. The van der Waals surface area contributed by atoms with Crippen molar-refractivity contribution < 1.29 is 19.4 Å². The molecular formula is C20H16ClN3O4. The van der Waals surface area contributed by atoms with E-state index in [2.05, 4.69) is 15.3 Å². The van der Waals surface area contributed by atoms with Gasteiger partial charge in [0.2, 0.25) is 5.88 Å². The molecule has 0 bridgehead atoms. The van der Waals surface area contributed by atoms with E-state index in [-0.39, 0.29) is 29.6 Å². The van der Waals surface area contributed by atoms with E-state index in [1.165, 1.54) is 0 Å². The number of aromatic nitrogens is 1. The lowest BCUT2D eigenvalue weighted by molar-refractivity contribution is 0.0694.